The molecule has 0 unspecified atom stereocenters. The number of allylic oxidation sites excluding steroid dienone is 1. The lowest BCUT2D eigenvalue weighted by molar-refractivity contribution is -0.384. The van der Waals surface area contributed by atoms with Crippen molar-refractivity contribution in [2.24, 2.45) is 0 Å². The molecule has 5 nitrogen and oxygen atoms in total. The highest BCUT2D eigenvalue weighted by atomic mass is 16.6. The zero-order valence-electron chi connectivity index (χ0n) is 8.50. The van der Waals surface area contributed by atoms with E-state index in [9.17, 15) is 20.0 Å². The van der Waals surface area contributed by atoms with Gasteiger partial charge < -0.3 is 5.11 Å². The second-order valence-corrected chi connectivity index (χ2v) is 3.24. The predicted molar refractivity (Wildman–Crippen MR) is 57.9 cm³/mol. The van der Waals surface area contributed by atoms with Gasteiger partial charge in [0.05, 0.1) is 11.0 Å². The summed E-state index contributed by atoms with van der Waals surface area (Å²) in [5.74, 6) is -0.272. The van der Waals surface area contributed by atoms with E-state index in [1.165, 1.54) is 24.3 Å². The van der Waals surface area contributed by atoms with Crippen LogP contribution in [0.5, 0.6) is 0 Å². The fraction of sp³-hybridized carbons (Fsp3) is 0.182. The van der Waals surface area contributed by atoms with E-state index in [1.807, 2.05) is 0 Å². The predicted octanol–water partition coefficient (Wildman–Crippen LogP) is 1.77. The van der Waals surface area contributed by atoms with Gasteiger partial charge in [-0.25, -0.2) is 0 Å². The van der Waals surface area contributed by atoms with Crippen LogP contribution >= 0.6 is 0 Å². The van der Waals surface area contributed by atoms with Crippen LogP contribution in [-0.4, -0.2) is 15.8 Å². The van der Waals surface area contributed by atoms with Gasteiger partial charge in [0.1, 0.15) is 0 Å². The number of aliphatic hydroxyl groups excluding tert-OH is 1. The van der Waals surface area contributed by atoms with Crippen LogP contribution in [0, 0.1) is 10.1 Å². The van der Waals surface area contributed by atoms with Crippen molar-refractivity contribution in [2.75, 3.05) is 0 Å². The van der Waals surface area contributed by atoms with Gasteiger partial charge in [0.25, 0.3) is 5.69 Å². The number of rotatable bonds is 5. The lowest BCUT2D eigenvalue weighted by atomic mass is 10.0. The highest BCUT2D eigenvalue weighted by Crippen LogP contribution is 2.20. The Hall–Kier alpha value is -2.01. The minimum absolute atomic E-state index is 0.0500. The number of benzene rings is 1. The maximum Gasteiger partial charge on any atom is 0.269 e. The first-order valence-corrected chi connectivity index (χ1v) is 4.62. The Morgan fingerprint density at radius 3 is 2.50 bits per heavy atom. The Bertz CT molecular complexity index is 410. The number of ketones is 1. The van der Waals surface area contributed by atoms with Crippen molar-refractivity contribution in [1.29, 1.82) is 0 Å². The molecule has 0 aliphatic rings. The third-order valence-corrected chi connectivity index (χ3v) is 2.11. The molecule has 0 saturated carbocycles. The van der Waals surface area contributed by atoms with E-state index in [2.05, 4.69) is 6.58 Å². The van der Waals surface area contributed by atoms with Crippen molar-refractivity contribution in [1.82, 2.24) is 0 Å². The van der Waals surface area contributed by atoms with E-state index in [4.69, 9.17) is 0 Å². The van der Waals surface area contributed by atoms with E-state index in [1.54, 1.807) is 0 Å². The molecule has 0 bridgehead atoms. The lowest BCUT2D eigenvalue weighted by Gasteiger charge is -2.08. The molecule has 1 N–H and O–H groups in total. The molecule has 1 aromatic rings. The number of carbonyl (C=O) groups is 1. The van der Waals surface area contributed by atoms with Crippen LogP contribution in [0.1, 0.15) is 18.1 Å². The average molecular weight is 221 g/mol. The molecule has 1 aromatic carbocycles. The highest BCUT2D eigenvalue weighted by molar-refractivity contribution is 5.89. The van der Waals surface area contributed by atoms with E-state index in [0.717, 1.165) is 6.08 Å². The Morgan fingerprint density at radius 2 is 2.06 bits per heavy atom. The molecule has 16 heavy (non-hydrogen) atoms. The number of nitro groups is 1. The molecule has 0 aromatic heterocycles. The standard InChI is InChI=1S/C11H11NO4/c1-2-10(13)7-11(14)8-3-5-9(6-4-8)12(15)16/h2-6,11,14H,1,7H2/t11-/m1/s1. The van der Waals surface area contributed by atoms with Crippen molar-refractivity contribution in [2.45, 2.75) is 12.5 Å². The third kappa shape index (κ3) is 2.99. The number of non-ortho nitro benzene ring substituents is 1. The third-order valence-electron chi connectivity index (χ3n) is 2.11. The van der Waals surface area contributed by atoms with Crippen LogP contribution in [0.2, 0.25) is 0 Å². The molecule has 0 radical (unpaired) electrons. The monoisotopic (exact) mass is 221 g/mol. The quantitative estimate of drug-likeness (QED) is 0.466. The molecule has 0 heterocycles. The van der Waals surface area contributed by atoms with Gasteiger partial charge >= 0.3 is 0 Å². The van der Waals surface area contributed by atoms with Crippen molar-refractivity contribution in [3.8, 4) is 0 Å². The normalized spacial score (nSPS) is 11.8. The van der Waals surface area contributed by atoms with Gasteiger partial charge in [0.2, 0.25) is 0 Å². The van der Waals surface area contributed by atoms with Crippen LogP contribution in [-0.2, 0) is 4.79 Å². The molecular weight excluding hydrogens is 210 g/mol. The second kappa shape index (κ2) is 5.18. The number of nitrogens with zero attached hydrogens (tertiary/aromatic N) is 1. The number of nitro benzene ring substituents is 1. The van der Waals surface area contributed by atoms with Gasteiger partial charge in [-0.1, -0.05) is 6.58 Å². The molecule has 0 fully saturated rings. The molecule has 1 rings (SSSR count). The lowest BCUT2D eigenvalue weighted by Crippen LogP contribution is -2.04. The molecule has 0 amide bonds. The van der Waals surface area contributed by atoms with Crippen LogP contribution < -0.4 is 0 Å². The van der Waals surface area contributed by atoms with E-state index in [0.29, 0.717) is 5.56 Å². The Morgan fingerprint density at radius 1 is 1.50 bits per heavy atom. The second-order valence-electron chi connectivity index (χ2n) is 3.24. The molecule has 5 heteroatoms. The number of hydrogen-bond acceptors (Lipinski definition) is 4. The van der Waals surface area contributed by atoms with Gasteiger partial charge in [-0.3, -0.25) is 14.9 Å². The van der Waals surface area contributed by atoms with Crippen LogP contribution in [0.15, 0.2) is 36.9 Å². The maximum absolute atomic E-state index is 11.0. The van der Waals surface area contributed by atoms with Crippen molar-refractivity contribution >= 4 is 11.5 Å². The zero-order chi connectivity index (χ0) is 12.1. The van der Waals surface area contributed by atoms with Gasteiger partial charge in [0.15, 0.2) is 5.78 Å². The average Bonchev–Trinajstić information content (AvgIpc) is 2.28. The summed E-state index contributed by atoms with van der Waals surface area (Å²) >= 11 is 0. The largest absolute Gasteiger partial charge is 0.388 e. The fourth-order valence-electron chi connectivity index (χ4n) is 1.21. The van der Waals surface area contributed by atoms with E-state index >= 15 is 0 Å². The Kier molecular flexibility index (Phi) is 3.90. The van der Waals surface area contributed by atoms with Crippen molar-refractivity contribution < 1.29 is 14.8 Å². The SMILES string of the molecule is C=CC(=O)C[C@@H](O)c1ccc([N+](=O)[O-])cc1. The first kappa shape index (κ1) is 12.1. The Labute approximate surface area is 92.2 Å². The molecule has 0 saturated heterocycles. The summed E-state index contributed by atoms with van der Waals surface area (Å²) in [6.45, 7) is 3.29. The minimum Gasteiger partial charge on any atom is -0.388 e. The minimum atomic E-state index is -0.952. The number of hydrogen-bond donors (Lipinski definition) is 1. The van der Waals surface area contributed by atoms with E-state index in [-0.39, 0.29) is 17.9 Å². The molecule has 0 aliphatic heterocycles. The van der Waals surface area contributed by atoms with Crippen LogP contribution in [0.25, 0.3) is 0 Å². The molecule has 0 spiro atoms. The summed E-state index contributed by atoms with van der Waals surface area (Å²) < 4.78 is 0. The number of aliphatic hydroxyl groups is 1. The first-order valence-electron chi connectivity index (χ1n) is 4.62. The zero-order valence-corrected chi connectivity index (χ0v) is 8.50. The van der Waals surface area contributed by atoms with Gasteiger partial charge in [-0.05, 0) is 23.8 Å². The number of carbonyl (C=O) groups excluding carboxylic acids is 1. The van der Waals surface area contributed by atoms with Gasteiger partial charge in [-0.15, -0.1) is 0 Å². The summed E-state index contributed by atoms with van der Waals surface area (Å²) in [7, 11) is 0. The summed E-state index contributed by atoms with van der Waals surface area (Å²) in [6.07, 6.45) is 0.113. The highest BCUT2D eigenvalue weighted by Gasteiger charge is 2.12. The van der Waals surface area contributed by atoms with Crippen LogP contribution in [0.4, 0.5) is 5.69 Å². The molecule has 1 atom stereocenters. The van der Waals surface area contributed by atoms with E-state index < -0.39 is 11.0 Å². The molecule has 84 valence electrons. The summed E-state index contributed by atoms with van der Waals surface area (Å²) in [4.78, 5) is 20.8. The summed E-state index contributed by atoms with van der Waals surface area (Å²) in [6, 6.07) is 5.44. The smallest absolute Gasteiger partial charge is 0.269 e. The molecule has 0 aliphatic carbocycles. The van der Waals surface area contributed by atoms with Crippen LogP contribution in [0.3, 0.4) is 0 Å². The molecular formula is C11H11NO4. The Balaban J connectivity index is 2.77. The van der Waals surface area contributed by atoms with Crippen molar-refractivity contribution in [3.63, 3.8) is 0 Å². The first-order chi connectivity index (χ1) is 7.54. The van der Waals surface area contributed by atoms with Gasteiger partial charge in [0, 0.05) is 18.6 Å². The fourth-order valence-corrected chi connectivity index (χ4v) is 1.21. The summed E-state index contributed by atoms with van der Waals surface area (Å²) in [5, 5.41) is 20.0. The van der Waals surface area contributed by atoms with Gasteiger partial charge in [-0.2, -0.15) is 0 Å². The topological polar surface area (TPSA) is 80.4 Å². The maximum atomic E-state index is 11.0. The van der Waals surface area contributed by atoms with Crippen molar-refractivity contribution in [3.05, 3.63) is 52.6 Å². The summed E-state index contributed by atoms with van der Waals surface area (Å²) in [5.41, 5.74) is 0.423.